The van der Waals surface area contributed by atoms with Crippen LogP contribution in [0.15, 0.2) is 24.3 Å². The van der Waals surface area contributed by atoms with Crippen LogP contribution >= 0.6 is 0 Å². The lowest BCUT2D eigenvalue weighted by atomic mass is 10.1. The van der Waals surface area contributed by atoms with Crippen LogP contribution in [0.4, 0.5) is 0 Å². The largest absolute Gasteiger partial charge is 0.371 e. The summed E-state index contributed by atoms with van der Waals surface area (Å²) in [4.78, 5) is 0. The number of ether oxygens (including phenoxy) is 1. The molecule has 2 nitrogen and oxygen atoms in total. The number of rotatable bonds is 14. The minimum absolute atomic E-state index is 0.140. The molecule has 0 aromatic rings. The molecule has 0 fully saturated rings. The van der Waals surface area contributed by atoms with Crippen molar-refractivity contribution in [2.75, 3.05) is 13.4 Å². The minimum atomic E-state index is -0.140. The molecular weight excluding hydrogens is 236 g/mol. The van der Waals surface area contributed by atoms with Gasteiger partial charge in [-0.05, 0) is 25.7 Å². The summed E-state index contributed by atoms with van der Waals surface area (Å²) in [5, 5.41) is 8.44. The Labute approximate surface area is 119 Å². The Balaban J connectivity index is 3.09. The van der Waals surface area contributed by atoms with Gasteiger partial charge in [0.05, 0.1) is 0 Å². The standard InChI is InChI=1S/C17H32O2/c1-2-3-4-5-6-7-8-9-10-11-12-13-14-15-16-19-17-18/h5-8,18H,2-4,9-17H2,1H3/b6-5-,8-7+. The highest BCUT2D eigenvalue weighted by Crippen LogP contribution is 2.07. The van der Waals surface area contributed by atoms with Crippen LogP contribution in [0.2, 0.25) is 0 Å². The summed E-state index contributed by atoms with van der Waals surface area (Å²) in [7, 11) is 0. The number of unbranched alkanes of at least 4 members (excludes halogenated alkanes) is 8. The first kappa shape index (κ1) is 18.4. The second-order valence-corrected chi connectivity index (χ2v) is 4.95. The smallest absolute Gasteiger partial charge is 0.143 e. The third kappa shape index (κ3) is 17.4. The zero-order valence-electron chi connectivity index (χ0n) is 12.7. The van der Waals surface area contributed by atoms with Crippen molar-refractivity contribution in [1.82, 2.24) is 0 Å². The van der Waals surface area contributed by atoms with Crippen molar-refractivity contribution in [3.05, 3.63) is 24.3 Å². The predicted octanol–water partition coefficient (Wildman–Crippen LogP) is 4.99. The van der Waals surface area contributed by atoms with E-state index in [9.17, 15) is 0 Å². The van der Waals surface area contributed by atoms with Gasteiger partial charge in [-0.2, -0.15) is 0 Å². The van der Waals surface area contributed by atoms with E-state index in [-0.39, 0.29) is 6.79 Å². The van der Waals surface area contributed by atoms with E-state index in [1.54, 1.807) is 0 Å². The lowest BCUT2D eigenvalue weighted by Gasteiger charge is -2.01. The lowest BCUT2D eigenvalue weighted by molar-refractivity contribution is -0.00284. The third-order valence-electron chi connectivity index (χ3n) is 3.11. The van der Waals surface area contributed by atoms with Gasteiger partial charge >= 0.3 is 0 Å². The van der Waals surface area contributed by atoms with Gasteiger partial charge in [-0.1, -0.05) is 69.8 Å². The monoisotopic (exact) mass is 268 g/mol. The highest BCUT2D eigenvalue weighted by atomic mass is 16.6. The van der Waals surface area contributed by atoms with E-state index in [1.165, 1.54) is 57.8 Å². The minimum Gasteiger partial charge on any atom is -0.371 e. The molecule has 0 amide bonds. The van der Waals surface area contributed by atoms with Crippen LogP contribution in [0, 0.1) is 0 Å². The second-order valence-electron chi connectivity index (χ2n) is 4.95. The SMILES string of the molecule is CCCC/C=C\C=C\CCCCCCCCOCO. The molecule has 19 heavy (non-hydrogen) atoms. The number of aliphatic hydroxyl groups excluding tert-OH is 1. The zero-order valence-corrected chi connectivity index (χ0v) is 12.7. The molecule has 0 saturated heterocycles. The molecule has 0 spiro atoms. The topological polar surface area (TPSA) is 29.5 Å². The van der Waals surface area contributed by atoms with E-state index < -0.39 is 0 Å². The highest BCUT2D eigenvalue weighted by molar-refractivity contribution is 5.02. The molecule has 1 N–H and O–H groups in total. The first-order valence-corrected chi connectivity index (χ1v) is 7.92. The molecule has 0 rings (SSSR count). The quantitative estimate of drug-likeness (QED) is 0.273. The van der Waals surface area contributed by atoms with Crippen LogP contribution in [0.5, 0.6) is 0 Å². The Morgan fingerprint density at radius 3 is 2.00 bits per heavy atom. The van der Waals surface area contributed by atoms with Crippen LogP contribution in [0.3, 0.4) is 0 Å². The maximum absolute atomic E-state index is 8.44. The Kier molecular flexibility index (Phi) is 16.9. The van der Waals surface area contributed by atoms with E-state index in [4.69, 9.17) is 9.84 Å². The molecule has 0 atom stereocenters. The van der Waals surface area contributed by atoms with Gasteiger partial charge < -0.3 is 9.84 Å². The number of hydrogen-bond acceptors (Lipinski definition) is 2. The number of hydrogen-bond donors (Lipinski definition) is 1. The van der Waals surface area contributed by atoms with Gasteiger partial charge in [-0.25, -0.2) is 0 Å². The molecule has 0 aromatic carbocycles. The van der Waals surface area contributed by atoms with Crippen molar-refractivity contribution < 1.29 is 9.84 Å². The van der Waals surface area contributed by atoms with Crippen LogP contribution in [0.1, 0.15) is 71.1 Å². The Hall–Kier alpha value is -0.600. The van der Waals surface area contributed by atoms with Crippen molar-refractivity contribution in [2.45, 2.75) is 71.1 Å². The first-order chi connectivity index (χ1) is 9.41. The van der Waals surface area contributed by atoms with Crippen LogP contribution in [-0.2, 0) is 4.74 Å². The second kappa shape index (κ2) is 17.4. The van der Waals surface area contributed by atoms with Crippen molar-refractivity contribution in [1.29, 1.82) is 0 Å². The summed E-state index contributed by atoms with van der Waals surface area (Å²) >= 11 is 0. The fourth-order valence-corrected chi connectivity index (χ4v) is 1.91. The summed E-state index contributed by atoms with van der Waals surface area (Å²) in [6, 6.07) is 0. The van der Waals surface area contributed by atoms with Crippen molar-refractivity contribution in [2.24, 2.45) is 0 Å². The lowest BCUT2D eigenvalue weighted by Crippen LogP contribution is -1.94. The summed E-state index contributed by atoms with van der Waals surface area (Å²) in [5.41, 5.74) is 0. The summed E-state index contributed by atoms with van der Waals surface area (Å²) in [5.74, 6) is 0. The summed E-state index contributed by atoms with van der Waals surface area (Å²) in [6.07, 6.45) is 21.4. The van der Waals surface area contributed by atoms with Gasteiger partial charge in [0.1, 0.15) is 6.79 Å². The van der Waals surface area contributed by atoms with E-state index in [2.05, 4.69) is 31.2 Å². The maximum Gasteiger partial charge on any atom is 0.143 e. The van der Waals surface area contributed by atoms with Gasteiger partial charge in [0.2, 0.25) is 0 Å². The van der Waals surface area contributed by atoms with Crippen LogP contribution < -0.4 is 0 Å². The molecule has 112 valence electrons. The summed E-state index contributed by atoms with van der Waals surface area (Å²) in [6.45, 7) is 2.78. The number of allylic oxidation sites excluding steroid dienone is 4. The third-order valence-corrected chi connectivity index (χ3v) is 3.11. The average Bonchev–Trinajstić information content (AvgIpc) is 2.43. The Bertz CT molecular complexity index is 209. The van der Waals surface area contributed by atoms with Gasteiger partial charge in [0, 0.05) is 6.61 Å². The molecular formula is C17H32O2. The van der Waals surface area contributed by atoms with E-state index in [0.717, 1.165) is 6.42 Å². The van der Waals surface area contributed by atoms with Gasteiger partial charge in [0.15, 0.2) is 0 Å². The molecule has 0 aliphatic heterocycles. The average molecular weight is 268 g/mol. The molecule has 0 bridgehead atoms. The van der Waals surface area contributed by atoms with Crippen molar-refractivity contribution >= 4 is 0 Å². The Morgan fingerprint density at radius 1 is 0.789 bits per heavy atom. The van der Waals surface area contributed by atoms with E-state index in [1.807, 2.05) is 0 Å². The molecule has 0 aliphatic rings. The van der Waals surface area contributed by atoms with Crippen molar-refractivity contribution in [3.63, 3.8) is 0 Å². The molecule has 2 heteroatoms. The highest BCUT2D eigenvalue weighted by Gasteiger charge is 1.90. The molecule has 0 aliphatic carbocycles. The molecule has 0 unspecified atom stereocenters. The van der Waals surface area contributed by atoms with E-state index >= 15 is 0 Å². The predicted molar refractivity (Wildman–Crippen MR) is 83.2 cm³/mol. The molecule has 0 saturated carbocycles. The van der Waals surface area contributed by atoms with Gasteiger partial charge in [-0.3, -0.25) is 0 Å². The van der Waals surface area contributed by atoms with E-state index in [0.29, 0.717) is 6.61 Å². The normalized spacial score (nSPS) is 11.9. The first-order valence-electron chi connectivity index (χ1n) is 7.92. The molecule has 0 aromatic heterocycles. The van der Waals surface area contributed by atoms with Crippen molar-refractivity contribution in [3.8, 4) is 0 Å². The molecule has 0 heterocycles. The van der Waals surface area contributed by atoms with Crippen LogP contribution in [0.25, 0.3) is 0 Å². The Morgan fingerprint density at radius 2 is 1.37 bits per heavy atom. The zero-order chi connectivity index (χ0) is 14.0. The molecule has 0 radical (unpaired) electrons. The maximum atomic E-state index is 8.44. The number of aliphatic hydroxyl groups is 1. The summed E-state index contributed by atoms with van der Waals surface area (Å²) < 4.78 is 4.88. The van der Waals surface area contributed by atoms with Crippen LogP contribution in [-0.4, -0.2) is 18.5 Å². The fourth-order valence-electron chi connectivity index (χ4n) is 1.91. The van der Waals surface area contributed by atoms with Gasteiger partial charge in [0.25, 0.3) is 0 Å². The fraction of sp³-hybridized carbons (Fsp3) is 0.765. The van der Waals surface area contributed by atoms with Gasteiger partial charge in [-0.15, -0.1) is 0 Å².